The number of hydrogen-bond donors (Lipinski definition) is 1. The quantitative estimate of drug-likeness (QED) is 0.532. The van der Waals surface area contributed by atoms with E-state index < -0.39 is 14.9 Å². The number of nitrogens with zero attached hydrogens (tertiary/aromatic N) is 2. The van der Waals surface area contributed by atoms with Gasteiger partial charge in [-0.15, -0.1) is 0 Å². The van der Waals surface area contributed by atoms with Crippen LogP contribution < -0.4 is 5.32 Å². The molecule has 0 radical (unpaired) electrons. The Kier molecular flexibility index (Phi) is 5.77. The molecule has 2 fully saturated rings. The van der Waals surface area contributed by atoms with Crippen molar-refractivity contribution in [3.8, 4) is 0 Å². The average molecular weight is 432 g/mol. The maximum atomic E-state index is 13.3. The largest absolute Gasteiger partial charge is 0.379 e. The molecule has 1 heterocycles. The Morgan fingerprint density at radius 1 is 1.13 bits per heavy atom. The van der Waals surface area contributed by atoms with Gasteiger partial charge in [0.2, 0.25) is 10.0 Å². The van der Waals surface area contributed by atoms with E-state index in [2.05, 4.69) is 5.32 Å². The summed E-state index contributed by atoms with van der Waals surface area (Å²) in [6.45, 7) is 3.10. The van der Waals surface area contributed by atoms with Crippen LogP contribution in [0.15, 0.2) is 47.4 Å². The summed E-state index contributed by atoms with van der Waals surface area (Å²) in [6, 6.07) is 12.1. The van der Waals surface area contributed by atoms with E-state index in [-0.39, 0.29) is 29.7 Å². The third kappa shape index (κ3) is 4.33. The van der Waals surface area contributed by atoms with Gasteiger partial charge >= 0.3 is 0 Å². The topological polar surface area (TPSA) is 102 Å². The van der Waals surface area contributed by atoms with Crippen LogP contribution in [0.2, 0.25) is 0 Å². The van der Waals surface area contributed by atoms with Gasteiger partial charge in [-0.3, -0.25) is 10.1 Å². The van der Waals surface area contributed by atoms with Crippen molar-refractivity contribution in [2.24, 2.45) is 5.92 Å². The first-order chi connectivity index (χ1) is 14.4. The normalized spacial score (nSPS) is 18.7. The fourth-order valence-electron chi connectivity index (χ4n) is 3.73. The van der Waals surface area contributed by atoms with Crippen molar-refractivity contribution in [2.45, 2.75) is 30.7 Å². The van der Waals surface area contributed by atoms with E-state index in [1.807, 2.05) is 31.2 Å². The van der Waals surface area contributed by atoms with Gasteiger partial charge in [0.25, 0.3) is 5.69 Å². The highest BCUT2D eigenvalue weighted by atomic mass is 32.2. The van der Waals surface area contributed by atoms with Crippen molar-refractivity contribution in [3.05, 3.63) is 63.7 Å². The summed E-state index contributed by atoms with van der Waals surface area (Å²) in [5, 5.41) is 14.7. The zero-order valence-electron chi connectivity index (χ0n) is 16.8. The number of non-ortho nitro benzene ring substituents is 1. The van der Waals surface area contributed by atoms with Crippen LogP contribution in [0.4, 0.5) is 11.4 Å². The number of hydrogen-bond acceptors (Lipinski definition) is 6. The molecule has 160 valence electrons. The Morgan fingerprint density at radius 3 is 2.40 bits per heavy atom. The van der Waals surface area contributed by atoms with Gasteiger partial charge in [0.1, 0.15) is 4.90 Å². The second kappa shape index (κ2) is 8.33. The lowest BCUT2D eigenvalue weighted by Gasteiger charge is -2.28. The van der Waals surface area contributed by atoms with Gasteiger partial charge in [-0.1, -0.05) is 29.8 Å². The molecule has 1 saturated carbocycles. The van der Waals surface area contributed by atoms with Gasteiger partial charge < -0.3 is 10.1 Å². The van der Waals surface area contributed by atoms with Crippen molar-refractivity contribution < 1.29 is 18.1 Å². The van der Waals surface area contributed by atoms with Gasteiger partial charge in [-0.05, 0) is 37.3 Å². The second-order valence-electron chi connectivity index (χ2n) is 7.82. The molecular weight excluding hydrogens is 406 g/mol. The maximum absolute atomic E-state index is 13.3. The molecular formula is C21H25N3O5S. The Labute approximate surface area is 176 Å². The zero-order chi connectivity index (χ0) is 21.3. The number of nitrogens with one attached hydrogen (secondary N) is 1. The molecule has 1 aliphatic heterocycles. The number of rotatable bonds is 7. The molecule has 0 aromatic heterocycles. The molecule has 0 spiro atoms. The summed E-state index contributed by atoms with van der Waals surface area (Å²) in [7, 11) is -3.90. The minimum Gasteiger partial charge on any atom is -0.379 e. The first kappa shape index (κ1) is 20.8. The van der Waals surface area contributed by atoms with Crippen LogP contribution in [0.3, 0.4) is 0 Å². The van der Waals surface area contributed by atoms with Crippen LogP contribution >= 0.6 is 0 Å². The lowest BCUT2D eigenvalue weighted by atomic mass is 10.0. The molecule has 8 nitrogen and oxygen atoms in total. The molecule has 2 aromatic rings. The number of nitro groups is 1. The number of anilines is 1. The zero-order valence-corrected chi connectivity index (χ0v) is 17.6. The van der Waals surface area contributed by atoms with Crippen molar-refractivity contribution in [1.82, 2.24) is 4.31 Å². The van der Waals surface area contributed by atoms with Gasteiger partial charge in [0.15, 0.2) is 0 Å². The predicted octanol–water partition coefficient (Wildman–Crippen LogP) is 3.49. The van der Waals surface area contributed by atoms with E-state index in [4.69, 9.17) is 4.74 Å². The fraction of sp³-hybridized carbons (Fsp3) is 0.429. The smallest absolute Gasteiger partial charge is 0.270 e. The predicted molar refractivity (Wildman–Crippen MR) is 113 cm³/mol. The van der Waals surface area contributed by atoms with Gasteiger partial charge in [0, 0.05) is 25.2 Å². The van der Waals surface area contributed by atoms with Crippen LogP contribution in [-0.2, 0) is 14.8 Å². The molecule has 0 amide bonds. The van der Waals surface area contributed by atoms with E-state index in [9.17, 15) is 18.5 Å². The van der Waals surface area contributed by atoms with Crippen LogP contribution in [0.1, 0.15) is 30.0 Å². The summed E-state index contributed by atoms with van der Waals surface area (Å²) in [5.41, 5.74) is 2.38. The fourth-order valence-corrected chi connectivity index (χ4v) is 5.31. The Bertz CT molecular complexity index is 1030. The Morgan fingerprint density at radius 2 is 1.80 bits per heavy atom. The summed E-state index contributed by atoms with van der Waals surface area (Å²) in [6.07, 6.45) is 2.12. The SMILES string of the molecule is Cc1ccc([C@@H](Nc2ccc([N+](=O)[O-])cc2S(=O)(=O)N2CCOCC2)C2CC2)cc1. The number of nitro benzene ring substituents is 1. The summed E-state index contributed by atoms with van der Waals surface area (Å²) in [4.78, 5) is 10.7. The standard InChI is InChI=1S/C21H25N3O5S/c1-15-2-4-16(5-3-15)21(17-6-7-17)22-19-9-8-18(24(25)26)14-20(19)30(27,28)23-10-12-29-13-11-23/h2-5,8-9,14,17,21-22H,6-7,10-13H2,1H3/t21-/m1/s1. The molecule has 1 atom stereocenters. The highest BCUT2D eigenvalue weighted by molar-refractivity contribution is 7.89. The van der Waals surface area contributed by atoms with Crippen LogP contribution in [-0.4, -0.2) is 43.9 Å². The summed E-state index contributed by atoms with van der Waals surface area (Å²) in [5.74, 6) is 0.404. The maximum Gasteiger partial charge on any atom is 0.270 e. The number of morpholine rings is 1. The lowest BCUT2D eigenvalue weighted by molar-refractivity contribution is -0.385. The lowest BCUT2D eigenvalue weighted by Crippen LogP contribution is -2.40. The van der Waals surface area contributed by atoms with E-state index in [0.717, 1.165) is 30.0 Å². The molecule has 9 heteroatoms. The third-order valence-electron chi connectivity index (χ3n) is 5.60. The number of aryl methyl sites for hydroxylation is 1. The van der Waals surface area contributed by atoms with Crippen molar-refractivity contribution in [3.63, 3.8) is 0 Å². The minimum absolute atomic E-state index is 0.0503. The average Bonchev–Trinajstić information content (AvgIpc) is 3.58. The molecule has 2 aliphatic rings. The van der Waals surface area contributed by atoms with Gasteiger partial charge in [0.05, 0.1) is 29.9 Å². The third-order valence-corrected chi connectivity index (χ3v) is 7.54. The summed E-state index contributed by atoms with van der Waals surface area (Å²) < 4.78 is 33.3. The Hall–Kier alpha value is -2.49. The van der Waals surface area contributed by atoms with Crippen LogP contribution in [0, 0.1) is 23.0 Å². The number of ether oxygens (including phenoxy) is 1. The second-order valence-corrected chi connectivity index (χ2v) is 9.73. The van der Waals surface area contributed by atoms with E-state index in [0.29, 0.717) is 24.8 Å². The molecule has 0 unspecified atom stereocenters. The number of benzene rings is 2. The van der Waals surface area contributed by atoms with Crippen LogP contribution in [0.5, 0.6) is 0 Å². The molecule has 1 aliphatic carbocycles. The van der Waals surface area contributed by atoms with Crippen molar-refractivity contribution in [2.75, 3.05) is 31.6 Å². The van der Waals surface area contributed by atoms with E-state index in [1.165, 1.54) is 16.4 Å². The minimum atomic E-state index is -3.90. The Balaban J connectivity index is 1.73. The summed E-state index contributed by atoms with van der Waals surface area (Å²) >= 11 is 0. The van der Waals surface area contributed by atoms with E-state index >= 15 is 0 Å². The van der Waals surface area contributed by atoms with E-state index in [1.54, 1.807) is 0 Å². The first-order valence-electron chi connectivity index (χ1n) is 10.1. The number of sulfonamides is 1. The van der Waals surface area contributed by atoms with Crippen LogP contribution in [0.25, 0.3) is 0 Å². The van der Waals surface area contributed by atoms with Crippen molar-refractivity contribution >= 4 is 21.4 Å². The monoisotopic (exact) mass is 431 g/mol. The molecule has 1 N–H and O–H groups in total. The highest BCUT2D eigenvalue weighted by Gasteiger charge is 2.35. The molecule has 30 heavy (non-hydrogen) atoms. The molecule has 4 rings (SSSR count). The first-order valence-corrected chi connectivity index (χ1v) is 11.5. The molecule has 1 saturated heterocycles. The van der Waals surface area contributed by atoms with Crippen molar-refractivity contribution in [1.29, 1.82) is 0 Å². The highest BCUT2D eigenvalue weighted by Crippen LogP contribution is 2.44. The van der Waals surface area contributed by atoms with Gasteiger partial charge in [-0.2, -0.15) is 4.31 Å². The van der Waals surface area contributed by atoms with Gasteiger partial charge in [-0.25, -0.2) is 8.42 Å². The molecule has 0 bridgehead atoms. The molecule has 2 aromatic carbocycles.